The van der Waals surface area contributed by atoms with E-state index in [-0.39, 0.29) is 0 Å². The van der Waals surface area contributed by atoms with E-state index in [1.807, 2.05) is 0 Å². The van der Waals surface area contributed by atoms with Gasteiger partial charge in [-0.1, -0.05) is 43.8 Å². The summed E-state index contributed by atoms with van der Waals surface area (Å²) >= 11 is 0. The molecule has 17 heavy (non-hydrogen) atoms. The van der Waals surface area contributed by atoms with Gasteiger partial charge in [0.2, 0.25) is 0 Å². The molecule has 0 bridgehead atoms. The summed E-state index contributed by atoms with van der Waals surface area (Å²) in [5.74, 6) is 0.882. The van der Waals surface area contributed by atoms with Crippen LogP contribution >= 0.6 is 0 Å². The van der Waals surface area contributed by atoms with E-state index in [1.54, 1.807) is 6.20 Å². The van der Waals surface area contributed by atoms with Gasteiger partial charge >= 0.3 is 0 Å². The van der Waals surface area contributed by atoms with Crippen LogP contribution in [0.25, 0.3) is 0 Å². The van der Waals surface area contributed by atoms with E-state index < -0.39 is 0 Å². The average molecular weight is 229 g/mol. The summed E-state index contributed by atoms with van der Waals surface area (Å²) in [7, 11) is 0.786. The van der Waals surface area contributed by atoms with E-state index in [0.29, 0.717) is 18.0 Å². The molecule has 0 amide bonds. The summed E-state index contributed by atoms with van der Waals surface area (Å²) in [4.78, 5) is 0. The van der Waals surface area contributed by atoms with Crippen LogP contribution in [0.4, 0.5) is 0 Å². The standard InChI is InChI=1S/C14H20BNO/c1-3-13-12(11-8-6-5-7-9-11)10-14(15-17-13)16-4-2/h4-9,12-16H,2-3,10H2,1H3. The second-order valence-electron chi connectivity index (χ2n) is 4.60. The van der Waals surface area contributed by atoms with Gasteiger partial charge in [-0.25, -0.2) is 0 Å². The Morgan fingerprint density at radius 1 is 1.47 bits per heavy atom. The van der Waals surface area contributed by atoms with Gasteiger partial charge in [-0.3, -0.25) is 0 Å². The van der Waals surface area contributed by atoms with Gasteiger partial charge in [0.05, 0.1) is 0 Å². The zero-order chi connectivity index (χ0) is 12.1. The number of hydrogen-bond donors (Lipinski definition) is 1. The van der Waals surface area contributed by atoms with Crippen molar-refractivity contribution in [2.24, 2.45) is 0 Å². The first-order valence-electron chi connectivity index (χ1n) is 6.38. The van der Waals surface area contributed by atoms with Crippen LogP contribution in [0.5, 0.6) is 0 Å². The largest absolute Gasteiger partial charge is 0.434 e. The highest BCUT2D eigenvalue weighted by Gasteiger charge is 2.31. The molecule has 1 aliphatic heterocycles. The molecule has 3 unspecified atom stereocenters. The van der Waals surface area contributed by atoms with Crippen molar-refractivity contribution in [2.75, 3.05) is 0 Å². The molecule has 0 aliphatic carbocycles. The minimum absolute atomic E-state index is 0.347. The summed E-state index contributed by atoms with van der Waals surface area (Å²) in [5, 5.41) is 3.27. The van der Waals surface area contributed by atoms with Crippen molar-refractivity contribution in [2.45, 2.75) is 37.7 Å². The molecule has 0 spiro atoms. The van der Waals surface area contributed by atoms with E-state index in [9.17, 15) is 0 Å². The molecule has 1 aliphatic rings. The molecule has 2 rings (SSSR count). The lowest BCUT2D eigenvalue weighted by Gasteiger charge is -2.36. The highest BCUT2D eigenvalue weighted by atomic mass is 16.4. The first-order valence-corrected chi connectivity index (χ1v) is 6.38. The molecule has 1 fully saturated rings. The Kier molecular flexibility index (Phi) is 4.26. The van der Waals surface area contributed by atoms with E-state index in [0.717, 1.165) is 20.3 Å². The summed E-state index contributed by atoms with van der Waals surface area (Å²) in [6.07, 6.45) is 4.30. The maximum absolute atomic E-state index is 5.95. The van der Waals surface area contributed by atoms with Crippen molar-refractivity contribution in [3.8, 4) is 0 Å². The fourth-order valence-corrected chi connectivity index (χ4v) is 2.62. The highest BCUT2D eigenvalue weighted by molar-refractivity contribution is 6.30. The van der Waals surface area contributed by atoms with Crippen LogP contribution < -0.4 is 5.32 Å². The zero-order valence-electron chi connectivity index (χ0n) is 10.4. The van der Waals surface area contributed by atoms with E-state index in [4.69, 9.17) is 4.65 Å². The first-order chi connectivity index (χ1) is 8.35. The van der Waals surface area contributed by atoms with Crippen molar-refractivity contribution in [3.63, 3.8) is 0 Å². The van der Waals surface area contributed by atoms with Gasteiger partial charge in [-0.05, 0) is 24.6 Å². The summed E-state index contributed by atoms with van der Waals surface area (Å²) in [6, 6.07) is 10.7. The fraction of sp³-hybridized carbons (Fsp3) is 0.429. The Balaban J connectivity index is 2.12. The van der Waals surface area contributed by atoms with Crippen LogP contribution in [0.2, 0.25) is 0 Å². The van der Waals surface area contributed by atoms with Crippen LogP contribution in [0.1, 0.15) is 31.2 Å². The molecule has 0 saturated carbocycles. The molecule has 90 valence electrons. The van der Waals surface area contributed by atoms with Gasteiger partial charge in [-0.2, -0.15) is 0 Å². The quantitative estimate of drug-likeness (QED) is 0.800. The van der Waals surface area contributed by atoms with Crippen LogP contribution in [0, 0.1) is 0 Å². The van der Waals surface area contributed by atoms with Crippen molar-refractivity contribution in [1.29, 1.82) is 0 Å². The normalized spacial score (nSPS) is 28.2. The maximum Gasteiger partial charge on any atom is 0.297 e. The average Bonchev–Trinajstić information content (AvgIpc) is 2.40. The zero-order valence-corrected chi connectivity index (χ0v) is 10.4. The molecule has 1 heterocycles. The number of rotatable bonds is 4. The molecule has 0 aromatic heterocycles. The minimum atomic E-state index is 0.347. The van der Waals surface area contributed by atoms with Crippen LogP contribution in [-0.4, -0.2) is 19.5 Å². The highest BCUT2D eigenvalue weighted by Crippen LogP contribution is 2.31. The molecule has 1 saturated heterocycles. The second kappa shape index (κ2) is 5.92. The van der Waals surface area contributed by atoms with Crippen molar-refractivity contribution in [1.82, 2.24) is 5.32 Å². The van der Waals surface area contributed by atoms with Crippen LogP contribution in [-0.2, 0) is 4.65 Å². The molecule has 1 aromatic rings. The third-order valence-corrected chi connectivity index (χ3v) is 3.48. The van der Waals surface area contributed by atoms with Gasteiger partial charge in [-0.15, -0.1) is 0 Å². The predicted molar refractivity (Wildman–Crippen MR) is 73.2 cm³/mol. The maximum atomic E-state index is 5.95. The van der Waals surface area contributed by atoms with Gasteiger partial charge < -0.3 is 9.97 Å². The molecule has 1 N–H and O–H groups in total. The number of nitrogens with one attached hydrogen (secondary N) is 1. The van der Waals surface area contributed by atoms with Crippen molar-refractivity contribution < 1.29 is 4.65 Å². The Bertz CT molecular complexity index is 354. The van der Waals surface area contributed by atoms with E-state index in [1.165, 1.54) is 5.56 Å². The summed E-state index contributed by atoms with van der Waals surface area (Å²) < 4.78 is 5.95. The Labute approximate surface area is 104 Å². The van der Waals surface area contributed by atoms with Crippen LogP contribution in [0.15, 0.2) is 43.1 Å². The SMILES string of the molecule is C=CNC1BOC(CC)C(c2ccccc2)C1. The Morgan fingerprint density at radius 3 is 2.88 bits per heavy atom. The first kappa shape index (κ1) is 12.2. The van der Waals surface area contributed by atoms with Crippen LogP contribution in [0.3, 0.4) is 0 Å². The van der Waals surface area contributed by atoms with E-state index >= 15 is 0 Å². The predicted octanol–water partition coefficient (Wildman–Crippen LogP) is 2.38. The molecule has 2 nitrogen and oxygen atoms in total. The van der Waals surface area contributed by atoms with Crippen molar-refractivity contribution >= 4 is 7.48 Å². The fourth-order valence-electron chi connectivity index (χ4n) is 2.62. The lowest BCUT2D eigenvalue weighted by Crippen LogP contribution is -2.43. The third-order valence-electron chi connectivity index (χ3n) is 3.48. The Morgan fingerprint density at radius 2 is 2.24 bits per heavy atom. The lowest BCUT2D eigenvalue weighted by molar-refractivity contribution is 0.138. The Hall–Kier alpha value is -1.22. The smallest absolute Gasteiger partial charge is 0.297 e. The number of benzene rings is 1. The number of hydrogen-bond acceptors (Lipinski definition) is 2. The molecule has 3 atom stereocenters. The molecule has 0 radical (unpaired) electrons. The van der Waals surface area contributed by atoms with Gasteiger partial charge in [0.1, 0.15) is 0 Å². The second-order valence-corrected chi connectivity index (χ2v) is 4.60. The van der Waals surface area contributed by atoms with Gasteiger partial charge in [0, 0.05) is 18.0 Å². The lowest BCUT2D eigenvalue weighted by atomic mass is 9.72. The molecular formula is C14H20BNO. The van der Waals surface area contributed by atoms with Gasteiger partial charge in [0.15, 0.2) is 0 Å². The molecule has 3 heteroatoms. The monoisotopic (exact) mass is 229 g/mol. The summed E-state index contributed by atoms with van der Waals surface area (Å²) in [6.45, 7) is 5.92. The minimum Gasteiger partial charge on any atom is -0.434 e. The third kappa shape index (κ3) is 2.92. The van der Waals surface area contributed by atoms with Crippen molar-refractivity contribution in [3.05, 3.63) is 48.7 Å². The summed E-state index contributed by atoms with van der Waals surface area (Å²) in [5.41, 5.74) is 1.38. The van der Waals surface area contributed by atoms with Gasteiger partial charge in [0.25, 0.3) is 7.48 Å². The molecule has 1 aromatic carbocycles. The van der Waals surface area contributed by atoms with E-state index in [2.05, 4.69) is 49.2 Å². The topological polar surface area (TPSA) is 21.3 Å². The molecular weight excluding hydrogens is 209 g/mol.